The molecule has 0 aliphatic carbocycles. The highest BCUT2D eigenvalue weighted by Gasteiger charge is 1.89. The van der Waals surface area contributed by atoms with Crippen molar-refractivity contribution in [2.45, 2.75) is 6.92 Å². The Hall–Kier alpha value is -0.370. The minimum Gasteiger partial charge on any atom is -0.197 e. The summed E-state index contributed by atoms with van der Waals surface area (Å²) in [6.45, 7) is 5.69. The zero-order valence-electron chi connectivity index (χ0n) is 4.14. The normalized spacial score (nSPS) is 9.43. The molecule has 0 aliphatic heterocycles. The topological polar surface area (TPSA) is 12.9 Å². The van der Waals surface area contributed by atoms with E-state index >= 15 is 0 Å². The molecule has 1 aromatic heterocycles. The average molecular weight is 112 g/mol. The van der Waals surface area contributed by atoms with Crippen LogP contribution in [0.15, 0.2) is 5.38 Å². The molecule has 0 unspecified atom stereocenters. The lowest BCUT2D eigenvalue weighted by atomic mass is 10.3. The molecule has 1 radical (unpaired) electrons. The van der Waals surface area contributed by atoms with Crippen molar-refractivity contribution in [2.24, 2.45) is 0 Å². The predicted molar refractivity (Wildman–Crippen MR) is 31.3 cm³/mol. The van der Waals surface area contributed by atoms with E-state index in [-0.39, 0.29) is 0 Å². The van der Waals surface area contributed by atoms with E-state index in [9.17, 15) is 0 Å². The SMILES string of the molecule is [CH2]c1nscc1C. The van der Waals surface area contributed by atoms with Crippen LogP contribution in [0, 0.1) is 13.8 Å². The average Bonchev–Trinajstić information content (AvgIpc) is 1.91. The summed E-state index contributed by atoms with van der Waals surface area (Å²) in [5.41, 5.74) is 2.09. The minimum atomic E-state index is 0.907. The van der Waals surface area contributed by atoms with Gasteiger partial charge in [0.1, 0.15) is 0 Å². The predicted octanol–water partition coefficient (Wildman–Crippen LogP) is 1.63. The molecule has 1 aromatic rings. The molecule has 1 nitrogen and oxygen atoms in total. The summed E-state index contributed by atoms with van der Waals surface area (Å²) in [7, 11) is 0. The fraction of sp³-hybridized carbons (Fsp3) is 0.200. The van der Waals surface area contributed by atoms with Crippen molar-refractivity contribution in [3.8, 4) is 0 Å². The summed E-state index contributed by atoms with van der Waals surface area (Å²) in [6.07, 6.45) is 0. The molecular formula is C5H6NS. The van der Waals surface area contributed by atoms with Gasteiger partial charge in [-0.15, -0.1) is 0 Å². The number of aryl methyl sites for hydroxylation is 1. The van der Waals surface area contributed by atoms with Crippen molar-refractivity contribution in [2.75, 3.05) is 0 Å². The molecule has 0 atom stereocenters. The van der Waals surface area contributed by atoms with Gasteiger partial charge in [0.2, 0.25) is 0 Å². The van der Waals surface area contributed by atoms with E-state index in [2.05, 4.69) is 11.3 Å². The minimum absolute atomic E-state index is 0.907. The van der Waals surface area contributed by atoms with E-state index in [1.54, 1.807) is 0 Å². The number of rotatable bonds is 0. The zero-order valence-corrected chi connectivity index (χ0v) is 4.96. The molecule has 0 bridgehead atoms. The van der Waals surface area contributed by atoms with E-state index < -0.39 is 0 Å². The van der Waals surface area contributed by atoms with Crippen molar-refractivity contribution in [1.29, 1.82) is 0 Å². The third-order valence-corrected chi connectivity index (χ3v) is 1.63. The molecule has 1 heterocycles. The van der Waals surface area contributed by atoms with E-state index in [0.717, 1.165) is 5.69 Å². The molecule has 0 aliphatic rings. The Labute approximate surface area is 47.2 Å². The van der Waals surface area contributed by atoms with Gasteiger partial charge in [0.25, 0.3) is 0 Å². The van der Waals surface area contributed by atoms with Gasteiger partial charge in [0.15, 0.2) is 0 Å². The Balaban J connectivity index is 3.12. The Morgan fingerprint density at radius 3 is 2.71 bits per heavy atom. The molecule has 0 saturated carbocycles. The van der Waals surface area contributed by atoms with Crippen LogP contribution in [-0.4, -0.2) is 4.37 Å². The molecule has 0 aromatic carbocycles. The molecule has 0 N–H and O–H groups in total. The van der Waals surface area contributed by atoms with E-state index in [0.29, 0.717) is 0 Å². The quantitative estimate of drug-likeness (QED) is 0.497. The van der Waals surface area contributed by atoms with Crippen LogP contribution in [-0.2, 0) is 0 Å². The number of aromatic nitrogens is 1. The maximum absolute atomic E-state index is 3.95. The van der Waals surface area contributed by atoms with Crippen molar-refractivity contribution in [1.82, 2.24) is 4.37 Å². The van der Waals surface area contributed by atoms with Crippen LogP contribution in [0.1, 0.15) is 11.3 Å². The molecule has 0 saturated heterocycles. The summed E-state index contributed by atoms with van der Waals surface area (Å²) in [4.78, 5) is 0. The lowest BCUT2D eigenvalue weighted by Crippen LogP contribution is -1.68. The van der Waals surface area contributed by atoms with Gasteiger partial charge in [0.05, 0.1) is 5.69 Å². The highest BCUT2D eigenvalue weighted by Crippen LogP contribution is 2.04. The lowest BCUT2D eigenvalue weighted by Gasteiger charge is -1.77. The van der Waals surface area contributed by atoms with E-state index in [1.165, 1.54) is 17.1 Å². The third kappa shape index (κ3) is 0.800. The van der Waals surface area contributed by atoms with Crippen LogP contribution in [0.3, 0.4) is 0 Å². The summed E-state index contributed by atoms with van der Waals surface area (Å²) in [5, 5.41) is 1.99. The Morgan fingerprint density at radius 1 is 1.86 bits per heavy atom. The summed E-state index contributed by atoms with van der Waals surface area (Å²) >= 11 is 1.45. The second-order valence-corrected chi connectivity index (χ2v) is 2.07. The van der Waals surface area contributed by atoms with Gasteiger partial charge < -0.3 is 0 Å². The molecule has 0 fully saturated rings. The lowest BCUT2D eigenvalue weighted by molar-refractivity contribution is 1.37. The van der Waals surface area contributed by atoms with Crippen molar-refractivity contribution in [3.63, 3.8) is 0 Å². The maximum atomic E-state index is 3.95. The van der Waals surface area contributed by atoms with Gasteiger partial charge in [-0.05, 0) is 30.9 Å². The fourth-order valence-corrected chi connectivity index (χ4v) is 0.927. The molecule has 2 heteroatoms. The Bertz CT molecular complexity index is 140. The first-order valence-electron chi connectivity index (χ1n) is 2.03. The van der Waals surface area contributed by atoms with Gasteiger partial charge in [0, 0.05) is 5.38 Å². The van der Waals surface area contributed by atoms with Crippen molar-refractivity contribution >= 4 is 11.5 Å². The van der Waals surface area contributed by atoms with Gasteiger partial charge >= 0.3 is 0 Å². The first-order valence-corrected chi connectivity index (χ1v) is 2.87. The molecule has 7 heavy (non-hydrogen) atoms. The summed E-state index contributed by atoms with van der Waals surface area (Å²) in [6, 6.07) is 0. The van der Waals surface area contributed by atoms with Gasteiger partial charge in [-0.3, -0.25) is 0 Å². The smallest absolute Gasteiger partial charge is 0.0575 e. The van der Waals surface area contributed by atoms with Crippen LogP contribution in [0.4, 0.5) is 0 Å². The molecule has 1 rings (SSSR count). The van der Waals surface area contributed by atoms with Crippen LogP contribution < -0.4 is 0 Å². The second-order valence-electron chi connectivity index (χ2n) is 1.44. The van der Waals surface area contributed by atoms with E-state index in [1.807, 2.05) is 12.3 Å². The van der Waals surface area contributed by atoms with Crippen LogP contribution in [0.2, 0.25) is 0 Å². The van der Waals surface area contributed by atoms with Crippen LogP contribution in [0.25, 0.3) is 0 Å². The summed E-state index contributed by atoms with van der Waals surface area (Å²) in [5.74, 6) is 0. The summed E-state index contributed by atoms with van der Waals surface area (Å²) < 4.78 is 3.95. The molecule has 37 valence electrons. The van der Waals surface area contributed by atoms with E-state index in [4.69, 9.17) is 0 Å². The van der Waals surface area contributed by atoms with Gasteiger partial charge in [-0.1, -0.05) is 0 Å². The molecule has 0 amide bonds. The van der Waals surface area contributed by atoms with Crippen LogP contribution >= 0.6 is 11.5 Å². The first-order chi connectivity index (χ1) is 3.30. The first kappa shape index (κ1) is 4.78. The number of hydrogen-bond donors (Lipinski definition) is 0. The molecular weight excluding hydrogens is 106 g/mol. The Kier molecular flexibility index (Phi) is 1.11. The van der Waals surface area contributed by atoms with Gasteiger partial charge in [-0.25, -0.2) is 0 Å². The number of hydrogen-bond acceptors (Lipinski definition) is 2. The fourth-order valence-electron chi connectivity index (χ4n) is 0.309. The monoisotopic (exact) mass is 112 g/mol. The van der Waals surface area contributed by atoms with Crippen LogP contribution in [0.5, 0.6) is 0 Å². The molecule has 0 spiro atoms. The van der Waals surface area contributed by atoms with Crippen molar-refractivity contribution in [3.05, 3.63) is 23.6 Å². The highest BCUT2D eigenvalue weighted by molar-refractivity contribution is 7.03. The Morgan fingerprint density at radius 2 is 2.57 bits per heavy atom. The zero-order chi connectivity index (χ0) is 5.28. The third-order valence-electron chi connectivity index (χ3n) is 0.848. The number of nitrogens with zero attached hydrogens (tertiary/aromatic N) is 1. The maximum Gasteiger partial charge on any atom is 0.0575 e. The highest BCUT2D eigenvalue weighted by atomic mass is 32.1. The standard InChI is InChI=1S/C5H6NS/c1-4-3-7-6-5(4)2/h3H,2H2,1H3. The largest absolute Gasteiger partial charge is 0.197 e. The van der Waals surface area contributed by atoms with Gasteiger partial charge in [-0.2, -0.15) is 4.37 Å². The van der Waals surface area contributed by atoms with Crippen molar-refractivity contribution < 1.29 is 0 Å². The second kappa shape index (κ2) is 1.62.